The molecular weight excluding hydrogens is 302 g/mol. The number of hydrogen-bond donors (Lipinski definition) is 1. The van der Waals surface area contributed by atoms with Gasteiger partial charge < -0.3 is 10.5 Å². The zero-order valence-corrected chi connectivity index (χ0v) is 12.6. The van der Waals surface area contributed by atoms with Crippen molar-refractivity contribution in [3.8, 4) is 11.5 Å². The fraction of sp³-hybridized carbons (Fsp3) is 0.250. The third-order valence-corrected chi connectivity index (χ3v) is 3.50. The summed E-state index contributed by atoms with van der Waals surface area (Å²) >= 11 is 3.48. The van der Waals surface area contributed by atoms with E-state index in [-0.39, 0.29) is 0 Å². The van der Waals surface area contributed by atoms with Crippen molar-refractivity contribution < 1.29 is 4.74 Å². The third-order valence-electron chi connectivity index (χ3n) is 3.01. The van der Waals surface area contributed by atoms with E-state index in [0.29, 0.717) is 6.54 Å². The van der Waals surface area contributed by atoms with Crippen molar-refractivity contribution in [1.82, 2.24) is 0 Å². The molecule has 0 aliphatic heterocycles. The molecule has 0 unspecified atom stereocenters. The van der Waals surface area contributed by atoms with Crippen molar-refractivity contribution in [1.29, 1.82) is 0 Å². The van der Waals surface area contributed by atoms with Gasteiger partial charge in [-0.1, -0.05) is 41.1 Å². The molecular formula is C16H18BrNO. The highest BCUT2D eigenvalue weighted by atomic mass is 79.9. The van der Waals surface area contributed by atoms with Crippen molar-refractivity contribution in [2.45, 2.75) is 19.8 Å². The van der Waals surface area contributed by atoms with Gasteiger partial charge in [-0.15, -0.1) is 0 Å². The Hall–Kier alpha value is -1.32. The predicted octanol–water partition coefficient (Wildman–Crippen LogP) is 4.31. The van der Waals surface area contributed by atoms with E-state index in [0.717, 1.165) is 34.4 Å². The Morgan fingerprint density at radius 1 is 1.05 bits per heavy atom. The molecule has 0 aromatic heterocycles. The SMILES string of the molecule is CCc1ccccc1Oc1ccc(Br)cc1CCN. The summed E-state index contributed by atoms with van der Waals surface area (Å²) in [5, 5.41) is 0. The molecule has 100 valence electrons. The van der Waals surface area contributed by atoms with Crippen molar-refractivity contribution >= 4 is 15.9 Å². The Balaban J connectivity index is 2.32. The topological polar surface area (TPSA) is 35.2 Å². The van der Waals surface area contributed by atoms with E-state index in [1.165, 1.54) is 5.56 Å². The van der Waals surface area contributed by atoms with E-state index in [2.05, 4.69) is 35.0 Å². The lowest BCUT2D eigenvalue weighted by molar-refractivity contribution is 0.470. The lowest BCUT2D eigenvalue weighted by Gasteiger charge is -2.13. The van der Waals surface area contributed by atoms with Crippen LogP contribution >= 0.6 is 15.9 Å². The van der Waals surface area contributed by atoms with Gasteiger partial charge in [0.1, 0.15) is 11.5 Å². The van der Waals surface area contributed by atoms with Crippen LogP contribution in [0.15, 0.2) is 46.9 Å². The number of para-hydroxylation sites is 1. The van der Waals surface area contributed by atoms with Crippen LogP contribution in [-0.4, -0.2) is 6.54 Å². The highest BCUT2D eigenvalue weighted by molar-refractivity contribution is 9.10. The van der Waals surface area contributed by atoms with Crippen molar-refractivity contribution in [2.24, 2.45) is 5.73 Å². The zero-order valence-electron chi connectivity index (χ0n) is 11.0. The summed E-state index contributed by atoms with van der Waals surface area (Å²) in [5.74, 6) is 1.81. The fourth-order valence-corrected chi connectivity index (χ4v) is 2.42. The molecule has 0 fully saturated rings. The molecule has 0 amide bonds. The van der Waals surface area contributed by atoms with Crippen LogP contribution in [0.1, 0.15) is 18.1 Å². The first kappa shape index (κ1) is 14.1. The number of halogens is 1. The van der Waals surface area contributed by atoms with Gasteiger partial charge in [-0.3, -0.25) is 0 Å². The molecule has 2 aromatic carbocycles. The number of ether oxygens (including phenoxy) is 1. The van der Waals surface area contributed by atoms with E-state index in [9.17, 15) is 0 Å². The van der Waals surface area contributed by atoms with Crippen molar-refractivity contribution in [3.05, 3.63) is 58.1 Å². The zero-order chi connectivity index (χ0) is 13.7. The van der Waals surface area contributed by atoms with Crippen LogP contribution in [0.2, 0.25) is 0 Å². The van der Waals surface area contributed by atoms with Gasteiger partial charge in [0, 0.05) is 4.47 Å². The molecule has 0 saturated heterocycles. The standard InChI is InChI=1S/C16H18BrNO/c1-2-12-5-3-4-6-15(12)19-16-8-7-14(17)11-13(16)9-10-18/h3-8,11H,2,9-10,18H2,1H3. The second-order valence-electron chi connectivity index (χ2n) is 4.35. The Kier molecular flexibility index (Phi) is 5.00. The Bertz CT molecular complexity index is 554. The Morgan fingerprint density at radius 2 is 1.79 bits per heavy atom. The van der Waals surface area contributed by atoms with Crippen LogP contribution in [0.4, 0.5) is 0 Å². The summed E-state index contributed by atoms with van der Waals surface area (Å²) in [6, 6.07) is 14.2. The lowest BCUT2D eigenvalue weighted by Crippen LogP contribution is -2.04. The summed E-state index contributed by atoms with van der Waals surface area (Å²) in [5.41, 5.74) is 8.00. The minimum atomic E-state index is 0.613. The Morgan fingerprint density at radius 3 is 2.53 bits per heavy atom. The van der Waals surface area contributed by atoms with Crippen LogP contribution in [-0.2, 0) is 12.8 Å². The van der Waals surface area contributed by atoms with Gasteiger partial charge in [0.25, 0.3) is 0 Å². The van der Waals surface area contributed by atoms with Gasteiger partial charge in [-0.25, -0.2) is 0 Å². The maximum Gasteiger partial charge on any atom is 0.130 e. The third kappa shape index (κ3) is 3.58. The minimum absolute atomic E-state index is 0.613. The highest BCUT2D eigenvalue weighted by Crippen LogP contribution is 2.30. The monoisotopic (exact) mass is 319 g/mol. The van der Waals surface area contributed by atoms with E-state index in [1.807, 2.05) is 30.3 Å². The quantitative estimate of drug-likeness (QED) is 0.891. The molecule has 2 aromatic rings. The highest BCUT2D eigenvalue weighted by Gasteiger charge is 2.07. The molecule has 0 radical (unpaired) electrons. The molecule has 3 heteroatoms. The Labute approximate surface area is 122 Å². The fourth-order valence-electron chi connectivity index (χ4n) is 2.01. The minimum Gasteiger partial charge on any atom is -0.457 e. The molecule has 0 saturated carbocycles. The molecule has 0 atom stereocenters. The molecule has 0 aliphatic carbocycles. The lowest BCUT2D eigenvalue weighted by atomic mass is 10.1. The van der Waals surface area contributed by atoms with Crippen molar-refractivity contribution in [2.75, 3.05) is 6.54 Å². The molecule has 2 rings (SSSR count). The first-order valence-corrected chi connectivity index (χ1v) is 7.28. The summed E-state index contributed by atoms with van der Waals surface area (Å²) < 4.78 is 7.11. The van der Waals surface area contributed by atoms with Gasteiger partial charge in [-0.2, -0.15) is 0 Å². The summed E-state index contributed by atoms with van der Waals surface area (Å²) in [6.07, 6.45) is 1.77. The van der Waals surface area contributed by atoms with Gasteiger partial charge in [-0.05, 0) is 54.8 Å². The average Bonchev–Trinajstić information content (AvgIpc) is 2.43. The van der Waals surface area contributed by atoms with Gasteiger partial charge >= 0.3 is 0 Å². The maximum absolute atomic E-state index is 6.06. The summed E-state index contributed by atoms with van der Waals surface area (Å²) in [7, 11) is 0. The molecule has 2 nitrogen and oxygen atoms in total. The normalized spacial score (nSPS) is 10.5. The van der Waals surface area contributed by atoms with Crippen LogP contribution in [0.3, 0.4) is 0 Å². The van der Waals surface area contributed by atoms with E-state index < -0.39 is 0 Å². The molecule has 19 heavy (non-hydrogen) atoms. The summed E-state index contributed by atoms with van der Waals surface area (Å²) in [4.78, 5) is 0. The molecule has 0 bridgehead atoms. The number of rotatable bonds is 5. The van der Waals surface area contributed by atoms with E-state index in [4.69, 9.17) is 10.5 Å². The largest absolute Gasteiger partial charge is 0.457 e. The van der Waals surface area contributed by atoms with E-state index >= 15 is 0 Å². The molecule has 0 aliphatic rings. The first-order chi connectivity index (χ1) is 9.24. The number of aryl methyl sites for hydroxylation is 1. The first-order valence-electron chi connectivity index (χ1n) is 6.49. The second kappa shape index (κ2) is 6.73. The van der Waals surface area contributed by atoms with Crippen LogP contribution in [0.5, 0.6) is 11.5 Å². The van der Waals surface area contributed by atoms with Crippen LogP contribution in [0.25, 0.3) is 0 Å². The maximum atomic E-state index is 6.06. The van der Waals surface area contributed by atoms with Gasteiger partial charge in [0.2, 0.25) is 0 Å². The van der Waals surface area contributed by atoms with Crippen LogP contribution < -0.4 is 10.5 Å². The number of benzene rings is 2. The second-order valence-corrected chi connectivity index (χ2v) is 5.27. The number of nitrogens with two attached hydrogens (primary N) is 1. The smallest absolute Gasteiger partial charge is 0.130 e. The van der Waals surface area contributed by atoms with Crippen molar-refractivity contribution in [3.63, 3.8) is 0 Å². The molecule has 2 N–H and O–H groups in total. The average molecular weight is 320 g/mol. The summed E-state index contributed by atoms with van der Waals surface area (Å²) in [6.45, 7) is 2.74. The molecule has 0 spiro atoms. The predicted molar refractivity (Wildman–Crippen MR) is 82.8 cm³/mol. The van der Waals surface area contributed by atoms with E-state index in [1.54, 1.807) is 0 Å². The number of hydrogen-bond acceptors (Lipinski definition) is 2. The van der Waals surface area contributed by atoms with Gasteiger partial charge in [0.15, 0.2) is 0 Å². The molecule has 0 heterocycles. The van der Waals surface area contributed by atoms with Crippen LogP contribution in [0, 0.1) is 0 Å². The van der Waals surface area contributed by atoms with Gasteiger partial charge in [0.05, 0.1) is 0 Å².